The Kier molecular flexibility index (Phi) is 5.24. The standard InChI is InChI=1S/C32H25NS/c1-21(2)25-17-18-33-30(19-25)26-15-16-28-29-10-6-9-27(32(29)34-31(28)20-26)24-13-11-23(12-14-24)22-7-4-3-5-8-22/h3-21H,1-2H3. The average molecular weight is 456 g/mol. The van der Waals surface area contributed by atoms with Gasteiger partial charge in [-0.2, -0.15) is 0 Å². The second-order valence-electron chi connectivity index (χ2n) is 9.07. The van der Waals surface area contributed by atoms with Crippen LogP contribution < -0.4 is 0 Å². The van der Waals surface area contributed by atoms with Gasteiger partial charge in [-0.1, -0.05) is 98.8 Å². The van der Waals surface area contributed by atoms with E-state index in [2.05, 4.69) is 122 Å². The van der Waals surface area contributed by atoms with Gasteiger partial charge in [0.05, 0.1) is 5.69 Å². The summed E-state index contributed by atoms with van der Waals surface area (Å²) in [7, 11) is 0. The van der Waals surface area contributed by atoms with Gasteiger partial charge in [-0.3, -0.25) is 4.98 Å². The summed E-state index contributed by atoms with van der Waals surface area (Å²) in [6, 6.07) is 37.3. The zero-order valence-corrected chi connectivity index (χ0v) is 20.1. The van der Waals surface area contributed by atoms with Crippen molar-refractivity contribution in [2.24, 2.45) is 0 Å². The van der Waals surface area contributed by atoms with Gasteiger partial charge < -0.3 is 0 Å². The summed E-state index contributed by atoms with van der Waals surface area (Å²) in [6.07, 6.45) is 1.93. The highest BCUT2D eigenvalue weighted by Gasteiger charge is 2.12. The summed E-state index contributed by atoms with van der Waals surface area (Å²) in [5.74, 6) is 0.491. The van der Waals surface area contributed by atoms with Crippen molar-refractivity contribution < 1.29 is 0 Å². The first kappa shape index (κ1) is 20.8. The van der Waals surface area contributed by atoms with Gasteiger partial charge in [-0.15, -0.1) is 11.3 Å². The number of benzene rings is 4. The monoisotopic (exact) mass is 455 g/mol. The third kappa shape index (κ3) is 3.70. The van der Waals surface area contributed by atoms with Crippen LogP contribution in [0.3, 0.4) is 0 Å². The molecule has 0 radical (unpaired) electrons. The van der Waals surface area contributed by atoms with Gasteiger partial charge in [-0.25, -0.2) is 0 Å². The van der Waals surface area contributed by atoms with E-state index in [4.69, 9.17) is 0 Å². The molecule has 6 aromatic rings. The van der Waals surface area contributed by atoms with Crippen LogP contribution >= 0.6 is 11.3 Å². The van der Waals surface area contributed by atoms with Crippen molar-refractivity contribution in [2.45, 2.75) is 19.8 Å². The zero-order valence-electron chi connectivity index (χ0n) is 19.3. The van der Waals surface area contributed by atoms with Crippen molar-refractivity contribution >= 4 is 31.5 Å². The Labute approximate surface area is 204 Å². The number of aromatic nitrogens is 1. The number of hydrogen-bond donors (Lipinski definition) is 0. The number of fused-ring (bicyclic) bond motifs is 3. The van der Waals surface area contributed by atoms with Crippen molar-refractivity contribution in [3.8, 4) is 33.5 Å². The van der Waals surface area contributed by atoms with Crippen LogP contribution in [-0.2, 0) is 0 Å². The molecule has 0 atom stereocenters. The Morgan fingerprint density at radius 3 is 2.15 bits per heavy atom. The van der Waals surface area contributed by atoms with E-state index >= 15 is 0 Å². The van der Waals surface area contributed by atoms with E-state index in [0.717, 1.165) is 5.69 Å². The summed E-state index contributed by atoms with van der Waals surface area (Å²) in [5.41, 5.74) is 8.58. The summed E-state index contributed by atoms with van der Waals surface area (Å²) < 4.78 is 2.64. The van der Waals surface area contributed by atoms with Gasteiger partial charge in [0.1, 0.15) is 0 Å². The van der Waals surface area contributed by atoms with Crippen molar-refractivity contribution in [3.63, 3.8) is 0 Å². The molecule has 0 saturated heterocycles. The second kappa shape index (κ2) is 8.55. The van der Waals surface area contributed by atoms with Crippen molar-refractivity contribution in [3.05, 3.63) is 115 Å². The zero-order chi connectivity index (χ0) is 23.1. The third-order valence-electron chi connectivity index (χ3n) is 6.55. The highest BCUT2D eigenvalue weighted by atomic mass is 32.1. The fourth-order valence-corrected chi connectivity index (χ4v) is 5.90. The van der Waals surface area contributed by atoms with Crippen LogP contribution in [0, 0.1) is 0 Å². The van der Waals surface area contributed by atoms with Crippen molar-refractivity contribution in [1.29, 1.82) is 0 Å². The van der Waals surface area contributed by atoms with Crippen molar-refractivity contribution in [2.75, 3.05) is 0 Å². The lowest BCUT2D eigenvalue weighted by Crippen LogP contribution is -1.90. The first-order chi connectivity index (χ1) is 16.7. The molecule has 0 saturated carbocycles. The molecular formula is C32H25NS. The van der Waals surface area contributed by atoms with Crippen LogP contribution in [0.5, 0.6) is 0 Å². The van der Waals surface area contributed by atoms with Crippen LogP contribution in [0.1, 0.15) is 25.3 Å². The number of hydrogen-bond acceptors (Lipinski definition) is 2. The highest BCUT2D eigenvalue weighted by Crippen LogP contribution is 2.41. The fraction of sp³-hybridized carbons (Fsp3) is 0.0938. The topological polar surface area (TPSA) is 12.9 Å². The summed E-state index contributed by atoms with van der Waals surface area (Å²) >= 11 is 1.88. The molecule has 0 fully saturated rings. The average Bonchev–Trinajstić information content (AvgIpc) is 3.27. The maximum Gasteiger partial charge on any atom is 0.0705 e. The number of nitrogens with zero attached hydrogens (tertiary/aromatic N) is 1. The van der Waals surface area contributed by atoms with Crippen molar-refractivity contribution in [1.82, 2.24) is 4.98 Å². The summed E-state index contributed by atoms with van der Waals surface area (Å²) in [6.45, 7) is 4.45. The molecule has 4 aromatic carbocycles. The summed E-state index contributed by atoms with van der Waals surface area (Å²) in [5, 5.41) is 2.63. The molecule has 2 aromatic heterocycles. The Morgan fingerprint density at radius 1 is 0.618 bits per heavy atom. The number of rotatable bonds is 4. The van der Waals surface area contributed by atoms with E-state index in [1.807, 2.05) is 17.5 Å². The Balaban J connectivity index is 1.43. The van der Waals surface area contributed by atoms with Crippen LogP contribution in [0.15, 0.2) is 109 Å². The Bertz CT molecular complexity index is 1610. The van der Waals surface area contributed by atoms with Gasteiger partial charge in [0.25, 0.3) is 0 Å². The highest BCUT2D eigenvalue weighted by molar-refractivity contribution is 7.26. The van der Waals surface area contributed by atoms with E-state index in [9.17, 15) is 0 Å². The first-order valence-corrected chi connectivity index (χ1v) is 12.6. The molecule has 164 valence electrons. The number of thiophene rings is 1. The van der Waals surface area contributed by atoms with Crippen LogP contribution in [-0.4, -0.2) is 4.98 Å². The van der Waals surface area contributed by atoms with Gasteiger partial charge in [0, 0.05) is 31.9 Å². The van der Waals surface area contributed by atoms with Crippen LogP contribution in [0.4, 0.5) is 0 Å². The van der Waals surface area contributed by atoms with E-state index in [1.54, 1.807) is 0 Å². The second-order valence-corrected chi connectivity index (χ2v) is 10.1. The lowest BCUT2D eigenvalue weighted by atomic mass is 9.98. The molecule has 0 spiro atoms. The molecule has 2 heterocycles. The van der Waals surface area contributed by atoms with E-state index in [-0.39, 0.29) is 0 Å². The quantitative estimate of drug-likeness (QED) is 0.258. The minimum absolute atomic E-state index is 0.491. The van der Waals surface area contributed by atoms with Gasteiger partial charge >= 0.3 is 0 Å². The summed E-state index contributed by atoms with van der Waals surface area (Å²) in [4.78, 5) is 4.66. The maximum absolute atomic E-state index is 4.66. The predicted octanol–water partition coefficient (Wildman–Crippen LogP) is 9.57. The minimum atomic E-state index is 0.491. The Morgan fingerprint density at radius 2 is 1.35 bits per heavy atom. The fourth-order valence-electron chi connectivity index (χ4n) is 4.62. The molecule has 0 aliphatic carbocycles. The number of pyridine rings is 1. The molecule has 0 bridgehead atoms. The smallest absolute Gasteiger partial charge is 0.0705 e. The molecule has 0 aliphatic heterocycles. The SMILES string of the molecule is CC(C)c1ccnc(-c2ccc3c(c2)sc2c(-c4ccc(-c5ccccc5)cc4)cccc23)c1. The van der Waals surface area contributed by atoms with E-state index in [1.165, 1.54) is 53.6 Å². The van der Waals surface area contributed by atoms with Crippen LogP contribution in [0.2, 0.25) is 0 Å². The molecule has 0 unspecified atom stereocenters. The molecule has 0 aliphatic rings. The lowest BCUT2D eigenvalue weighted by Gasteiger charge is -2.07. The molecule has 0 N–H and O–H groups in total. The lowest BCUT2D eigenvalue weighted by molar-refractivity contribution is 0.864. The molecule has 0 amide bonds. The van der Waals surface area contributed by atoms with Gasteiger partial charge in [-0.05, 0) is 51.9 Å². The minimum Gasteiger partial charge on any atom is -0.256 e. The molecule has 34 heavy (non-hydrogen) atoms. The van der Waals surface area contributed by atoms with Gasteiger partial charge in [0.15, 0.2) is 0 Å². The molecule has 1 nitrogen and oxygen atoms in total. The van der Waals surface area contributed by atoms with E-state index < -0.39 is 0 Å². The van der Waals surface area contributed by atoms with Gasteiger partial charge in [0.2, 0.25) is 0 Å². The predicted molar refractivity (Wildman–Crippen MR) is 148 cm³/mol. The third-order valence-corrected chi connectivity index (χ3v) is 7.75. The first-order valence-electron chi connectivity index (χ1n) is 11.7. The van der Waals surface area contributed by atoms with E-state index in [0.29, 0.717) is 5.92 Å². The Hall–Kier alpha value is -3.75. The molecule has 6 rings (SSSR count). The largest absolute Gasteiger partial charge is 0.256 e. The molecular weight excluding hydrogens is 430 g/mol. The van der Waals surface area contributed by atoms with Crippen LogP contribution in [0.25, 0.3) is 53.7 Å². The molecule has 2 heteroatoms. The maximum atomic E-state index is 4.66. The normalized spacial score (nSPS) is 11.5.